The van der Waals surface area contributed by atoms with E-state index in [1.54, 1.807) is 24.2 Å². The fraction of sp³-hybridized carbons (Fsp3) is 0.200. The molecule has 1 heterocycles. The van der Waals surface area contributed by atoms with Crippen molar-refractivity contribution in [3.8, 4) is 0 Å². The van der Waals surface area contributed by atoms with Crippen LogP contribution in [0.15, 0.2) is 30.3 Å². The molecule has 4 nitrogen and oxygen atoms in total. The van der Waals surface area contributed by atoms with Crippen molar-refractivity contribution in [2.75, 3.05) is 18.6 Å². The maximum Gasteiger partial charge on any atom is 0.310 e. The van der Waals surface area contributed by atoms with Gasteiger partial charge in [-0.3, -0.25) is 9.59 Å². The normalized spacial score (nSPS) is 17.9. The number of nitrogens with zero attached hydrogens (tertiary/aromatic N) is 2. The first-order valence-corrected chi connectivity index (χ1v) is 4.33. The van der Waals surface area contributed by atoms with Crippen LogP contribution >= 0.6 is 0 Å². The van der Waals surface area contributed by atoms with E-state index in [0.29, 0.717) is 0 Å². The second-order valence-corrected chi connectivity index (χ2v) is 3.19. The number of carbonyl (C=O) groups excluding carboxylic acids is 2. The van der Waals surface area contributed by atoms with Gasteiger partial charge in [-0.1, -0.05) is 18.2 Å². The molecule has 2 rings (SSSR count). The lowest BCUT2D eigenvalue weighted by molar-refractivity contribution is -0.133. The van der Waals surface area contributed by atoms with E-state index in [0.717, 1.165) is 5.69 Å². The molecule has 1 aromatic carbocycles. The van der Waals surface area contributed by atoms with Gasteiger partial charge in [0.25, 0.3) is 0 Å². The molecule has 0 aliphatic carbocycles. The first kappa shape index (κ1) is 8.90. The van der Waals surface area contributed by atoms with Gasteiger partial charge in [-0.2, -0.15) is 0 Å². The Kier molecular flexibility index (Phi) is 2.05. The number of ketones is 1. The molecule has 0 bridgehead atoms. The second kappa shape index (κ2) is 3.23. The number of likely N-dealkylation sites (N-methyl/N-ethyl adjacent to an activating group) is 1. The highest BCUT2D eigenvalue weighted by molar-refractivity contribution is 6.43. The van der Waals surface area contributed by atoms with Crippen LogP contribution in [-0.4, -0.2) is 30.3 Å². The predicted molar refractivity (Wildman–Crippen MR) is 51.6 cm³/mol. The summed E-state index contributed by atoms with van der Waals surface area (Å²) in [6.45, 7) is 0.160. The van der Waals surface area contributed by atoms with E-state index in [9.17, 15) is 9.59 Å². The molecule has 0 N–H and O–H groups in total. The molecule has 0 unspecified atom stereocenters. The van der Waals surface area contributed by atoms with Gasteiger partial charge in [0, 0.05) is 7.05 Å². The van der Waals surface area contributed by atoms with Gasteiger partial charge in [0.15, 0.2) is 0 Å². The summed E-state index contributed by atoms with van der Waals surface area (Å²) in [7, 11) is 1.72. The minimum absolute atomic E-state index is 0.160. The lowest BCUT2D eigenvalue weighted by Gasteiger charge is -2.22. The van der Waals surface area contributed by atoms with Gasteiger partial charge in [0.1, 0.15) is 0 Å². The third-order valence-corrected chi connectivity index (χ3v) is 2.15. The Morgan fingerprint density at radius 1 is 1.14 bits per heavy atom. The predicted octanol–water partition coefficient (Wildman–Crippen LogP) is 0.449. The van der Waals surface area contributed by atoms with E-state index < -0.39 is 5.91 Å². The molecule has 14 heavy (non-hydrogen) atoms. The van der Waals surface area contributed by atoms with Gasteiger partial charge < -0.3 is 0 Å². The van der Waals surface area contributed by atoms with Crippen molar-refractivity contribution < 1.29 is 9.59 Å². The Bertz CT molecular complexity index is 375. The van der Waals surface area contributed by atoms with Crippen LogP contribution in [0.2, 0.25) is 0 Å². The van der Waals surface area contributed by atoms with Crippen LogP contribution in [0.5, 0.6) is 0 Å². The number of Topliss-reactive ketones (excluding diaryl/α,β-unsaturated/α-hetero) is 1. The highest BCUT2D eigenvalue weighted by Gasteiger charge is 2.34. The van der Waals surface area contributed by atoms with Crippen molar-refractivity contribution in [2.45, 2.75) is 0 Å². The average molecular weight is 190 g/mol. The molecular weight excluding hydrogens is 180 g/mol. The SMILES string of the molecule is CN1CC(=O)C(=O)N1c1ccccc1. The van der Waals surface area contributed by atoms with E-state index in [4.69, 9.17) is 0 Å². The van der Waals surface area contributed by atoms with Gasteiger partial charge in [0.2, 0.25) is 5.78 Å². The average Bonchev–Trinajstić information content (AvgIpc) is 2.43. The summed E-state index contributed by atoms with van der Waals surface area (Å²) in [6.07, 6.45) is 0. The van der Waals surface area contributed by atoms with Gasteiger partial charge in [-0.05, 0) is 12.1 Å². The van der Waals surface area contributed by atoms with Crippen LogP contribution < -0.4 is 5.01 Å². The first-order chi connectivity index (χ1) is 6.70. The van der Waals surface area contributed by atoms with E-state index in [2.05, 4.69) is 0 Å². The molecular formula is C10H10N2O2. The van der Waals surface area contributed by atoms with Gasteiger partial charge in [0.05, 0.1) is 12.2 Å². The summed E-state index contributed by atoms with van der Waals surface area (Å²) >= 11 is 0. The van der Waals surface area contributed by atoms with Gasteiger partial charge in [-0.25, -0.2) is 10.0 Å². The van der Waals surface area contributed by atoms with Gasteiger partial charge in [-0.15, -0.1) is 0 Å². The molecule has 1 fully saturated rings. The molecule has 0 atom stereocenters. The minimum atomic E-state index is -0.460. The Labute approximate surface area is 81.7 Å². The van der Waals surface area contributed by atoms with Crippen LogP contribution in [0.25, 0.3) is 0 Å². The maximum absolute atomic E-state index is 11.5. The standard InChI is InChI=1S/C10H10N2O2/c1-11-7-9(13)10(14)12(11)8-5-3-2-4-6-8/h2-6H,7H2,1H3. The number of benzene rings is 1. The number of carbonyl (C=O) groups is 2. The van der Waals surface area contributed by atoms with Crippen LogP contribution in [0.3, 0.4) is 0 Å². The monoisotopic (exact) mass is 190 g/mol. The molecule has 1 aliphatic heterocycles. The molecule has 72 valence electrons. The number of para-hydroxylation sites is 1. The Morgan fingerprint density at radius 3 is 2.29 bits per heavy atom. The highest BCUT2D eigenvalue weighted by atomic mass is 16.2. The molecule has 1 amide bonds. The molecule has 0 saturated carbocycles. The number of hydrogen-bond acceptors (Lipinski definition) is 3. The summed E-state index contributed by atoms with van der Waals surface area (Å²) in [5.41, 5.74) is 0.728. The fourth-order valence-corrected chi connectivity index (χ4v) is 1.50. The zero-order chi connectivity index (χ0) is 10.1. The van der Waals surface area contributed by atoms with Crippen molar-refractivity contribution in [2.24, 2.45) is 0 Å². The number of hydrogen-bond donors (Lipinski definition) is 0. The molecule has 0 spiro atoms. The maximum atomic E-state index is 11.5. The number of rotatable bonds is 1. The first-order valence-electron chi connectivity index (χ1n) is 4.33. The quantitative estimate of drug-likeness (QED) is 0.604. The molecule has 4 heteroatoms. The van der Waals surface area contributed by atoms with Gasteiger partial charge >= 0.3 is 5.91 Å². The third kappa shape index (κ3) is 1.29. The van der Waals surface area contributed by atoms with Crippen LogP contribution in [0.4, 0.5) is 5.69 Å². The van der Waals surface area contributed by atoms with Crippen molar-refractivity contribution in [3.05, 3.63) is 30.3 Å². The van der Waals surface area contributed by atoms with E-state index in [1.165, 1.54) is 5.01 Å². The van der Waals surface area contributed by atoms with Crippen LogP contribution in [0, 0.1) is 0 Å². The van der Waals surface area contributed by atoms with E-state index in [1.807, 2.05) is 18.2 Å². The van der Waals surface area contributed by atoms with E-state index in [-0.39, 0.29) is 12.3 Å². The van der Waals surface area contributed by atoms with E-state index >= 15 is 0 Å². The molecule has 0 radical (unpaired) electrons. The van der Waals surface area contributed by atoms with Crippen molar-refractivity contribution in [3.63, 3.8) is 0 Å². The lowest BCUT2D eigenvalue weighted by Crippen LogP contribution is -2.36. The zero-order valence-electron chi connectivity index (χ0n) is 7.80. The number of hydrazine groups is 1. The smallest absolute Gasteiger partial charge is 0.287 e. The zero-order valence-corrected chi connectivity index (χ0v) is 7.80. The summed E-state index contributed by atoms with van der Waals surface area (Å²) in [4.78, 5) is 22.6. The summed E-state index contributed by atoms with van der Waals surface area (Å²) in [5.74, 6) is -0.824. The Morgan fingerprint density at radius 2 is 1.79 bits per heavy atom. The summed E-state index contributed by atoms with van der Waals surface area (Å²) in [6, 6.07) is 9.13. The van der Waals surface area contributed by atoms with Crippen molar-refractivity contribution in [1.82, 2.24) is 5.01 Å². The Hall–Kier alpha value is -1.68. The number of amides is 1. The van der Waals surface area contributed by atoms with Crippen LogP contribution in [0.1, 0.15) is 0 Å². The number of anilines is 1. The fourth-order valence-electron chi connectivity index (χ4n) is 1.50. The molecule has 0 aromatic heterocycles. The van der Waals surface area contributed by atoms with Crippen LogP contribution in [-0.2, 0) is 9.59 Å². The molecule has 1 saturated heterocycles. The van der Waals surface area contributed by atoms with Crippen molar-refractivity contribution in [1.29, 1.82) is 0 Å². The largest absolute Gasteiger partial charge is 0.310 e. The minimum Gasteiger partial charge on any atom is -0.287 e. The third-order valence-electron chi connectivity index (χ3n) is 2.15. The molecule has 1 aliphatic rings. The Balaban J connectivity index is 2.36. The summed E-state index contributed by atoms with van der Waals surface area (Å²) < 4.78 is 0. The summed E-state index contributed by atoms with van der Waals surface area (Å²) in [5, 5.41) is 3.00. The topological polar surface area (TPSA) is 40.6 Å². The molecule has 1 aromatic rings. The lowest BCUT2D eigenvalue weighted by atomic mass is 10.3. The second-order valence-electron chi connectivity index (χ2n) is 3.19. The van der Waals surface area contributed by atoms with Crippen molar-refractivity contribution >= 4 is 17.4 Å². The highest BCUT2D eigenvalue weighted by Crippen LogP contribution is 2.18.